The van der Waals surface area contributed by atoms with E-state index in [1.165, 1.54) is 18.3 Å². The van der Waals surface area contributed by atoms with Gasteiger partial charge in [0, 0.05) is 23.5 Å². The summed E-state index contributed by atoms with van der Waals surface area (Å²) in [5.74, 6) is 0. The van der Waals surface area contributed by atoms with Gasteiger partial charge in [0.05, 0.1) is 16.1 Å². The van der Waals surface area contributed by atoms with Crippen LogP contribution in [-0.2, 0) is 10.0 Å². The Bertz CT molecular complexity index is 902. The fourth-order valence-electron chi connectivity index (χ4n) is 2.08. The predicted octanol–water partition coefficient (Wildman–Crippen LogP) is 2.74. The van der Waals surface area contributed by atoms with Gasteiger partial charge in [0.1, 0.15) is 0 Å². The van der Waals surface area contributed by atoms with Crippen LogP contribution in [0.25, 0.3) is 10.9 Å². The Morgan fingerprint density at radius 2 is 1.81 bits per heavy atom. The Kier molecular flexibility index (Phi) is 3.31. The summed E-state index contributed by atoms with van der Waals surface area (Å²) in [6.07, 6.45) is 3.11. The summed E-state index contributed by atoms with van der Waals surface area (Å²) in [6, 6.07) is 12.1. The number of benzene rings is 1. The van der Waals surface area contributed by atoms with Crippen molar-refractivity contribution in [2.24, 2.45) is 0 Å². The summed E-state index contributed by atoms with van der Waals surface area (Å²) in [6.45, 7) is 1.75. The molecule has 2 heterocycles. The van der Waals surface area contributed by atoms with Crippen LogP contribution in [0.4, 0.5) is 5.69 Å². The van der Waals surface area contributed by atoms with Crippen molar-refractivity contribution in [3.63, 3.8) is 0 Å². The molecule has 1 aromatic carbocycles. The van der Waals surface area contributed by atoms with Crippen LogP contribution in [0, 0.1) is 6.92 Å². The maximum absolute atomic E-state index is 12.4. The van der Waals surface area contributed by atoms with Crippen LogP contribution in [0.3, 0.4) is 0 Å². The number of nitrogens with one attached hydrogen (secondary N) is 1. The van der Waals surface area contributed by atoms with Crippen molar-refractivity contribution in [2.45, 2.75) is 11.8 Å². The van der Waals surface area contributed by atoms with Crippen LogP contribution < -0.4 is 4.72 Å². The van der Waals surface area contributed by atoms with Crippen LogP contribution in [0.15, 0.2) is 59.8 Å². The van der Waals surface area contributed by atoms with Gasteiger partial charge >= 0.3 is 0 Å². The molecule has 0 saturated heterocycles. The zero-order chi connectivity index (χ0) is 14.9. The van der Waals surface area contributed by atoms with E-state index in [1.807, 2.05) is 18.2 Å². The third kappa shape index (κ3) is 2.71. The summed E-state index contributed by atoms with van der Waals surface area (Å²) in [5.41, 5.74) is 1.73. The number of hydrogen-bond donors (Lipinski definition) is 1. The van der Waals surface area contributed by atoms with E-state index in [2.05, 4.69) is 14.7 Å². The highest BCUT2D eigenvalue weighted by molar-refractivity contribution is 7.92. The smallest absolute Gasteiger partial charge is 0.262 e. The van der Waals surface area contributed by atoms with Gasteiger partial charge in [-0.05, 0) is 31.2 Å². The Morgan fingerprint density at radius 1 is 1.00 bits per heavy atom. The first kappa shape index (κ1) is 13.5. The lowest BCUT2D eigenvalue weighted by atomic mass is 10.2. The lowest BCUT2D eigenvalue weighted by Gasteiger charge is -2.10. The second-order valence-electron chi connectivity index (χ2n) is 4.62. The number of anilines is 1. The van der Waals surface area contributed by atoms with E-state index >= 15 is 0 Å². The molecule has 2 aromatic heterocycles. The largest absolute Gasteiger partial charge is 0.277 e. The van der Waals surface area contributed by atoms with E-state index in [4.69, 9.17) is 0 Å². The molecule has 0 fully saturated rings. The SMILES string of the molecule is Cc1cc(S(=O)(=O)Nc2cccc3cccnc23)ccn1. The van der Waals surface area contributed by atoms with Crippen molar-refractivity contribution in [1.82, 2.24) is 9.97 Å². The Labute approximate surface area is 122 Å². The first-order valence-corrected chi connectivity index (χ1v) is 7.84. The number of hydrogen-bond acceptors (Lipinski definition) is 4. The molecule has 0 bridgehead atoms. The van der Waals surface area contributed by atoms with Crippen molar-refractivity contribution in [1.29, 1.82) is 0 Å². The van der Waals surface area contributed by atoms with Gasteiger partial charge < -0.3 is 0 Å². The summed E-state index contributed by atoms with van der Waals surface area (Å²) in [5, 5.41) is 0.878. The van der Waals surface area contributed by atoms with E-state index in [1.54, 1.807) is 25.3 Å². The molecule has 0 unspecified atom stereocenters. The summed E-state index contributed by atoms with van der Waals surface area (Å²) < 4.78 is 27.4. The van der Waals surface area contributed by atoms with Gasteiger partial charge in [0.25, 0.3) is 10.0 Å². The standard InChI is InChI=1S/C15H13N3O2S/c1-11-10-13(7-9-16-11)21(19,20)18-14-6-2-4-12-5-3-8-17-15(12)14/h2-10,18H,1H3. The van der Waals surface area contributed by atoms with Gasteiger partial charge in [-0.25, -0.2) is 8.42 Å². The molecule has 0 radical (unpaired) electrons. The highest BCUT2D eigenvalue weighted by Crippen LogP contribution is 2.23. The minimum atomic E-state index is -3.66. The lowest BCUT2D eigenvalue weighted by molar-refractivity contribution is 0.601. The average Bonchev–Trinajstić information content (AvgIpc) is 2.47. The highest BCUT2D eigenvalue weighted by Gasteiger charge is 2.16. The molecule has 0 aliphatic heterocycles. The van der Waals surface area contributed by atoms with Crippen LogP contribution in [0.2, 0.25) is 0 Å². The zero-order valence-corrected chi connectivity index (χ0v) is 12.1. The minimum absolute atomic E-state index is 0.183. The Morgan fingerprint density at radius 3 is 2.62 bits per heavy atom. The molecular formula is C15H13N3O2S. The molecular weight excluding hydrogens is 286 g/mol. The summed E-state index contributed by atoms with van der Waals surface area (Å²) in [4.78, 5) is 8.43. The number of fused-ring (bicyclic) bond motifs is 1. The quantitative estimate of drug-likeness (QED) is 0.807. The van der Waals surface area contributed by atoms with Crippen molar-refractivity contribution in [3.8, 4) is 0 Å². The minimum Gasteiger partial charge on any atom is -0.277 e. The number of aryl methyl sites for hydroxylation is 1. The molecule has 6 heteroatoms. The molecule has 21 heavy (non-hydrogen) atoms. The second-order valence-corrected chi connectivity index (χ2v) is 6.30. The molecule has 106 valence electrons. The number of sulfonamides is 1. The number of nitrogens with zero attached hydrogens (tertiary/aromatic N) is 2. The second kappa shape index (κ2) is 5.14. The fraction of sp³-hybridized carbons (Fsp3) is 0.0667. The normalized spacial score (nSPS) is 11.5. The van der Waals surface area contributed by atoms with E-state index in [0.717, 1.165) is 5.39 Å². The molecule has 0 aliphatic carbocycles. The Hall–Kier alpha value is -2.47. The highest BCUT2D eigenvalue weighted by atomic mass is 32.2. The molecule has 0 amide bonds. The monoisotopic (exact) mass is 299 g/mol. The third-order valence-electron chi connectivity index (χ3n) is 3.06. The van der Waals surface area contributed by atoms with Crippen LogP contribution in [-0.4, -0.2) is 18.4 Å². The van der Waals surface area contributed by atoms with Crippen LogP contribution in [0.5, 0.6) is 0 Å². The van der Waals surface area contributed by atoms with E-state index < -0.39 is 10.0 Å². The maximum atomic E-state index is 12.4. The fourth-order valence-corrected chi connectivity index (χ4v) is 3.21. The van der Waals surface area contributed by atoms with Crippen molar-refractivity contribution in [3.05, 3.63) is 60.6 Å². The van der Waals surface area contributed by atoms with Gasteiger partial charge in [-0.1, -0.05) is 18.2 Å². The first-order valence-electron chi connectivity index (χ1n) is 6.35. The van der Waals surface area contributed by atoms with Gasteiger partial charge in [-0.3, -0.25) is 14.7 Å². The molecule has 0 spiro atoms. The van der Waals surface area contributed by atoms with E-state index in [9.17, 15) is 8.42 Å². The molecule has 5 nitrogen and oxygen atoms in total. The van der Waals surface area contributed by atoms with Gasteiger partial charge in [-0.15, -0.1) is 0 Å². The van der Waals surface area contributed by atoms with Crippen molar-refractivity contribution >= 4 is 26.6 Å². The van der Waals surface area contributed by atoms with Crippen LogP contribution in [0.1, 0.15) is 5.69 Å². The van der Waals surface area contributed by atoms with E-state index in [0.29, 0.717) is 16.9 Å². The molecule has 3 aromatic rings. The number of pyridine rings is 2. The average molecular weight is 299 g/mol. The molecule has 0 aliphatic rings. The van der Waals surface area contributed by atoms with Crippen LogP contribution >= 0.6 is 0 Å². The van der Waals surface area contributed by atoms with E-state index in [-0.39, 0.29) is 4.90 Å². The topological polar surface area (TPSA) is 72.0 Å². The molecule has 0 atom stereocenters. The van der Waals surface area contributed by atoms with Gasteiger partial charge in [-0.2, -0.15) is 0 Å². The van der Waals surface area contributed by atoms with Gasteiger partial charge in [0.15, 0.2) is 0 Å². The maximum Gasteiger partial charge on any atom is 0.262 e. The Balaban J connectivity index is 2.06. The summed E-state index contributed by atoms with van der Waals surface area (Å²) in [7, 11) is -3.66. The zero-order valence-electron chi connectivity index (χ0n) is 11.3. The number of aromatic nitrogens is 2. The van der Waals surface area contributed by atoms with Crippen molar-refractivity contribution in [2.75, 3.05) is 4.72 Å². The first-order chi connectivity index (χ1) is 10.1. The lowest BCUT2D eigenvalue weighted by Crippen LogP contribution is -2.13. The molecule has 3 rings (SSSR count). The van der Waals surface area contributed by atoms with Gasteiger partial charge in [0.2, 0.25) is 0 Å². The number of para-hydroxylation sites is 1. The molecule has 0 saturated carbocycles. The number of rotatable bonds is 3. The summed E-state index contributed by atoms with van der Waals surface area (Å²) >= 11 is 0. The predicted molar refractivity (Wildman–Crippen MR) is 81.5 cm³/mol. The van der Waals surface area contributed by atoms with Crippen molar-refractivity contribution < 1.29 is 8.42 Å². The molecule has 1 N–H and O–H groups in total. The third-order valence-corrected chi connectivity index (χ3v) is 4.42.